The summed E-state index contributed by atoms with van der Waals surface area (Å²) in [6.07, 6.45) is 2.28. The van der Waals surface area contributed by atoms with Crippen LogP contribution in [0.25, 0.3) is 11.3 Å². The number of ether oxygens (including phenoxy) is 3. The molecule has 1 amide bonds. The smallest absolute Gasteiger partial charge is 0.338 e. The van der Waals surface area contributed by atoms with Gasteiger partial charge in [-0.2, -0.15) is 4.31 Å². The highest BCUT2D eigenvalue weighted by Crippen LogP contribution is 2.33. The molecule has 0 unspecified atom stereocenters. The number of amides is 1. The molecule has 3 aromatic rings. The summed E-state index contributed by atoms with van der Waals surface area (Å²) in [7, 11) is -1.04. The molecule has 10 nitrogen and oxygen atoms in total. The van der Waals surface area contributed by atoms with Crippen LogP contribution in [0, 0.1) is 5.82 Å². The van der Waals surface area contributed by atoms with E-state index in [9.17, 15) is 22.4 Å². The van der Waals surface area contributed by atoms with Gasteiger partial charge >= 0.3 is 5.97 Å². The lowest BCUT2D eigenvalue weighted by Crippen LogP contribution is -2.36. The Morgan fingerprint density at radius 1 is 1.05 bits per heavy atom. The number of nitrogens with zero attached hydrogens (tertiary/aromatic N) is 2. The summed E-state index contributed by atoms with van der Waals surface area (Å²) < 4.78 is 56.9. The maximum atomic E-state index is 14.4. The van der Waals surface area contributed by atoms with E-state index < -0.39 is 39.2 Å². The fourth-order valence-corrected chi connectivity index (χ4v) is 6.24. The van der Waals surface area contributed by atoms with Crippen molar-refractivity contribution in [2.24, 2.45) is 0 Å². The van der Waals surface area contributed by atoms with Gasteiger partial charge in [0.05, 0.1) is 25.5 Å². The van der Waals surface area contributed by atoms with Crippen LogP contribution < -0.4 is 14.8 Å². The zero-order valence-electron chi connectivity index (χ0n) is 20.7. The molecule has 0 atom stereocenters. The number of sulfonamides is 1. The maximum Gasteiger partial charge on any atom is 0.338 e. The maximum absolute atomic E-state index is 14.4. The third-order valence-corrected chi connectivity index (χ3v) is 8.54. The number of thiazole rings is 1. The van der Waals surface area contributed by atoms with Crippen LogP contribution in [0.15, 0.2) is 46.7 Å². The Morgan fingerprint density at radius 3 is 2.50 bits per heavy atom. The number of aromatic nitrogens is 1. The molecular formula is C25H26FN3O7S2. The van der Waals surface area contributed by atoms with Crippen molar-refractivity contribution >= 4 is 38.4 Å². The van der Waals surface area contributed by atoms with E-state index in [0.717, 1.165) is 30.2 Å². The average molecular weight is 564 g/mol. The normalized spacial score (nSPS) is 14.1. The van der Waals surface area contributed by atoms with Crippen LogP contribution in [0.4, 0.5) is 9.52 Å². The summed E-state index contributed by atoms with van der Waals surface area (Å²) in [5.74, 6) is -1.46. The Morgan fingerprint density at radius 2 is 1.79 bits per heavy atom. The van der Waals surface area contributed by atoms with Crippen LogP contribution >= 0.6 is 11.3 Å². The van der Waals surface area contributed by atoms with E-state index in [-0.39, 0.29) is 10.7 Å². The van der Waals surface area contributed by atoms with E-state index in [2.05, 4.69) is 10.3 Å². The molecule has 1 N–H and O–H groups in total. The highest BCUT2D eigenvalue weighted by Gasteiger charge is 2.29. The quantitative estimate of drug-likeness (QED) is 0.389. The predicted octanol–water partition coefficient (Wildman–Crippen LogP) is 3.94. The van der Waals surface area contributed by atoms with Crippen molar-refractivity contribution in [2.75, 3.05) is 39.2 Å². The minimum atomic E-state index is -4.10. The van der Waals surface area contributed by atoms with Gasteiger partial charge in [0, 0.05) is 24.0 Å². The molecular weight excluding hydrogens is 537 g/mol. The van der Waals surface area contributed by atoms with Crippen LogP contribution in [0.3, 0.4) is 0 Å². The van der Waals surface area contributed by atoms with E-state index in [1.807, 2.05) is 0 Å². The molecule has 0 spiro atoms. The van der Waals surface area contributed by atoms with Gasteiger partial charge in [-0.25, -0.2) is 22.6 Å². The number of methoxy groups -OCH3 is 2. The molecule has 0 aliphatic carbocycles. The average Bonchev–Trinajstić information content (AvgIpc) is 3.40. The lowest BCUT2D eigenvalue weighted by atomic mass is 10.1. The first-order valence-electron chi connectivity index (χ1n) is 11.7. The van der Waals surface area contributed by atoms with Crippen molar-refractivity contribution < 1.29 is 36.6 Å². The van der Waals surface area contributed by atoms with Gasteiger partial charge < -0.3 is 14.2 Å². The molecule has 202 valence electrons. The Bertz CT molecular complexity index is 1440. The predicted molar refractivity (Wildman–Crippen MR) is 139 cm³/mol. The first-order valence-corrected chi connectivity index (χ1v) is 14.0. The molecule has 0 radical (unpaired) electrons. The van der Waals surface area contributed by atoms with Gasteiger partial charge in [-0.05, 0) is 49.2 Å². The molecule has 2 aromatic carbocycles. The van der Waals surface area contributed by atoms with Gasteiger partial charge in [0.2, 0.25) is 10.0 Å². The number of anilines is 1. The molecule has 1 aliphatic heterocycles. The minimum Gasteiger partial charge on any atom is -0.493 e. The molecule has 1 aliphatic rings. The molecule has 2 heterocycles. The number of carbonyl (C=O) groups excluding carboxylic acids is 2. The topological polar surface area (TPSA) is 124 Å². The number of carbonyl (C=O) groups is 2. The number of hydrogen-bond donors (Lipinski definition) is 1. The van der Waals surface area contributed by atoms with Crippen molar-refractivity contribution in [1.82, 2.24) is 9.29 Å². The number of halogens is 1. The summed E-state index contributed by atoms with van der Waals surface area (Å²) in [6.45, 7) is -0.0577. The van der Waals surface area contributed by atoms with Gasteiger partial charge in [0.15, 0.2) is 23.2 Å². The molecule has 4 rings (SSSR count). The SMILES string of the molecule is COc1ccc(-c2csc(NC(=O)COC(=O)c3ccc(F)c(S(=O)(=O)N4CCCCC4)c3)n2)cc1OC. The Hall–Kier alpha value is -3.55. The van der Waals surface area contributed by atoms with Crippen LogP contribution in [0.1, 0.15) is 29.6 Å². The van der Waals surface area contributed by atoms with Crippen molar-refractivity contribution in [1.29, 1.82) is 0 Å². The molecule has 0 saturated carbocycles. The monoisotopic (exact) mass is 563 g/mol. The van der Waals surface area contributed by atoms with Crippen molar-refractivity contribution in [3.63, 3.8) is 0 Å². The molecule has 1 aromatic heterocycles. The zero-order valence-corrected chi connectivity index (χ0v) is 22.4. The molecule has 0 bridgehead atoms. The Balaban J connectivity index is 1.38. The summed E-state index contributed by atoms with van der Waals surface area (Å²) in [4.78, 5) is 28.6. The van der Waals surface area contributed by atoms with Gasteiger partial charge in [-0.15, -0.1) is 11.3 Å². The van der Waals surface area contributed by atoms with Gasteiger partial charge in [0.1, 0.15) is 10.7 Å². The van der Waals surface area contributed by atoms with E-state index >= 15 is 0 Å². The van der Waals surface area contributed by atoms with Crippen molar-refractivity contribution in [2.45, 2.75) is 24.2 Å². The lowest BCUT2D eigenvalue weighted by Gasteiger charge is -2.26. The van der Waals surface area contributed by atoms with Gasteiger partial charge in [-0.1, -0.05) is 6.42 Å². The second kappa shape index (κ2) is 11.9. The number of benzene rings is 2. The zero-order chi connectivity index (χ0) is 27.3. The van der Waals surface area contributed by atoms with Crippen LogP contribution in [0.2, 0.25) is 0 Å². The molecule has 1 fully saturated rings. The van der Waals surface area contributed by atoms with E-state index in [0.29, 0.717) is 43.1 Å². The highest BCUT2D eigenvalue weighted by molar-refractivity contribution is 7.89. The van der Waals surface area contributed by atoms with Gasteiger partial charge in [-0.3, -0.25) is 10.1 Å². The summed E-state index contributed by atoms with van der Waals surface area (Å²) in [5, 5.41) is 4.58. The number of hydrogen-bond acceptors (Lipinski definition) is 9. The fourth-order valence-electron chi connectivity index (χ4n) is 3.90. The Kier molecular flexibility index (Phi) is 8.59. The van der Waals surface area contributed by atoms with E-state index in [1.165, 1.54) is 29.9 Å². The lowest BCUT2D eigenvalue weighted by molar-refractivity contribution is -0.119. The van der Waals surface area contributed by atoms with Gasteiger partial charge in [0.25, 0.3) is 5.91 Å². The Labute approximate surface area is 223 Å². The highest BCUT2D eigenvalue weighted by atomic mass is 32.2. The number of esters is 1. The number of rotatable bonds is 9. The second-order valence-corrected chi connectivity index (χ2v) is 11.1. The van der Waals surface area contributed by atoms with Crippen molar-refractivity contribution in [3.8, 4) is 22.8 Å². The van der Waals surface area contributed by atoms with Crippen molar-refractivity contribution in [3.05, 3.63) is 53.2 Å². The third-order valence-electron chi connectivity index (χ3n) is 5.86. The van der Waals surface area contributed by atoms with Crippen LogP contribution in [-0.4, -0.2) is 63.5 Å². The third kappa shape index (κ3) is 6.11. The summed E-state index contributed by atoms with van der Waals surface area (Å²) in [5.41, 5.74) is 1.16. The fraction of sp³-hybridized carbons (Fsp3) is 0.320. The first kappa shape index (κ1) is 27.5. The largest absolute Gasteiger partial charge is 0.493 e. The van der Waals surface area contributed by atoms with Crippen LogP contribution in [0.5, 0.6) is 11.5 Å². The number of nitrogens with one attached hydrogen (secondary N) is 1. The number of piperidine rings is 1. The summed E-state index contributed by atoms with van der Waals surface area (Å²) in [6, 6.07) is 8.25. The second-order valence-electron chi connectivity index (χ2n) is 8.34. The molecule has 38 heavy (non-hydrogen) atoms. The summed E-state index contributed by atoms with van der Waals surface area (Å²) >= 11 is 1.18. The van der Waals surface area contributed by atoms with Crippen LogP contribution in [-0.2, 0) is 19.6 Å². The van der Waals surface area contributed by atoms with E-state index in [4.69, 9.17) is 14.2 Å². The standard InChI is InChI=1S/C25H26FN3O7S2/c1-34-20-9-7-16(12-21(20)35-2)19-15-37-25(27-19)28-23(30)14-36-24(31)17-6-8-18(26)22(13-17)38(32,33)29-10-4-3-5-11-29/h6-9,12-13,15H,3-5,10-11,14H2,1-2H3,(H,27,28,30). The molecule has 13 heteroatoms. The molecule has 1 saturated heterocycles. The minimum absolute atomic E-state index is 0.181. The van der Waals surface area contributed by atoms with E-state index in [1.54, 1.807) is 23.6 Å². The first-order chi connectivity index (χ1) is 18.2.